The molecule has 20 heavy (non-hydrogen) atoms. The van der Waals surface area contributed by atoms with Gasteiger partial charge in [0.15, 0.2) is 0 Å². The van der Waals surface area contributed by atoms with E-state index in [9.17, 15) is 8.42 Å². The molecular formula is C13H24N4O2S. The standard InChI is InChI=1S/C13H24N4O2S/c1-11(2)17(4)10-6-9-16-20(18,19)12-7-5-8-15-13(12)14-3/h5,7-8,11,16H,6,9-10H2,1-4H3,(H,14,15). The van der Waals surface area contributed by atoms with E-state index in [0.29, 0.717) is 18.4 Å². The van der Waals surface area contributed by atoms with E-state index in [1.54, 1.807) is 25.4 Å². The van der Waals surface area contributed by atoms with Gasteiger partial charge < -0.3 is 10.2 Å². The van der Waals surface area contributed by atoms with Crippen molar-refractivity contribution in [2.75, 3.05) is 32.5 Å². The van der Waals surface area contributed by atoms with Crippen LogP contribution in [0.5, 0.6) is 0 Å². The second-order valence-electron chi connectivity index (χ2n) is 4.93. The third-order valence-electron chi connectivity index (χ3n) is 3.16. The summed E-state index contributed by atoms with van der Waals surface area (Å²) in [6.07, 6.45) is 2.32. The van der Waals surface area contributed by atoms with Crippen LogP contribution in [-0.2, 0) is 10.0 Å². The van der Waals surface area contributed by atoms with Crippen LogP contribution in [0.25, 0.3) is 0 Å². The molecule has 1 heterocycles. The van der Waals surface area contributed by atoms with Crippen molar-refractivity contribution in [3.63, 3.8) is 0 Å². The number of hydrogen-bond donors (Lipinski definition) is 2. The zero-order valence-electron chi connectivity index (χ0n) is 12.5. The van der Waals surface area contributed by atoms with Crippen molar-refractivity contribution < 1.29 is 8.42 Å². The van der Waals surface area contributed by atoms with E-state index in [1.165, 1.54) is 0 Å². The predicted octanol–water partition coefficient (Wildman–Crippen LogP) is 1.13. The van der Waals surface area contributed by atoms with Gasteiger partial charge in [0.25, 0.3) is 0 Å². The van der Waals surface area contributed by atoms with Crippen LogP contribution >= 0.6 is 0 Å². The summed E-state index contributed by atoms with van der Waals surface area (Å²) in [5, 5.41) is 2.79. The van der Waals surface area contributed by atoms with Crippen molar-refractivity contribution in [1.82, 2.24) is 14.6 Å². The summed E-state index contributed by atoms with van der Waals surface area (Å²) in [5.74, 6) is 0.360. The van der Waals surface area contributed by atoms with Crippen LogP contribution in [0.15, 0.2) is 23.2 Å². The Hall–Kier alpha value is -1.18. The van der Waals surface area contributed by atoms with Crippen molar-refractivity contribution in [2.45, 2.75) is 31.2 Å². The number of pyridine rings is 1. The van der Waals surface area contributed by atoms with Gasteiger partial charge in [-0.3, -0.25) is 0 Å². The minimum Gasteiger partial charge on any atom is -0.372 e. The van der Waals surface area contributed by atoms with Crippen LogP contribution in [0.3, 0.4) is 0 Å². The highest BCUT2D eigenvalue weighted by atomic mass is 32.2. The topological polar surface area (TPSA) is 74.3 Å². The molecule has 114 valence electrons. The quantitative estimate of drug-likeness (QED) is 0.704. The first-order chi connectivity index (χ1) is 9.38. The molecule has 1 rings (SSSR count). The van der Waals surface area contributed by atoms with Crippen LogP contribution < -0.4 is 10.0 Å². The van der Waals surface area contributed by atoms with E-state index in [-0.39, 0.29) is 4.90 Å². The minimum atomic E-state index is -3.51. The van der Waals surface area contributed by atoms with Crippen molar-refractivity contribution in [2.24, 2.45) is 0 Å². The summed E-state index contributed by atoms with van der Waals surface area (Å²) in [5.41, 5.74) is 0. The molecule has 0 aliphatic carbocycles. The van der Waals surface area contributed by atoms with Crippen LogP contribution in [0.4, 0.5) is 5.82 Å². The van der Waals surface area contributed by atoms with E-state index in [1.807, 2.05) is 7.05 Å². The normalized spacial score (nSPS) is 12.1. The molecule has 0 atom stereocenters. The van der Waals surface area contributed by atoms with Gasteiger partial charge in [-0.2, -0.15) is 0 Å². The molecule has 0 bridgehead atoms. The lowest BCUT2D eigenvalue weighted by Gasteiger charge is -2.20. The third kappa shape index (κ3) is 4.73. The molecule has 0 saturated carbocycles. The van der Waals surface area contributed by atoms with Gasteiger partial charge in [0.2, 0.25) is 10.0 Å². The Morgan fingerprint density at radius 1 is 1.40 bits per heavy atom. The highest BCUT2D eigenvalue weighted by molar-refractivity contribution is 7.89. The Bertz CT molecular complexity index is 517. The Morgan fingerprint density at radius 2 is 2.10 bits per heavy atom. The molecule has 0 aliphatic heterocycles. The monoisotopic (exact) mass is 300 g/mol. The Kier molecular flexibility index (Phi) is 6.38. The lowest BCUT2D eigenvalue weighted by atomic mass is 10.3. The van der Waals surface area contributed by atoms with Gasteiger partial charge in [0.05, 0.1) is 0 Å². The van der Waals surface area contributed by atoms with Gasteiger partial charge in [-0.15, -0.1) is 0 Å². The summed E-state index contributed by atoms with van der Waals surface area (Å²) < 4.78 is 27.0. The average molecular weight is 300 g/mol. The first-order valence-electron chi connectivity index (χ1n) is 6.71. The van der Waals surface area contributed by atoms with Crippen molar-refractivity contribution in [1.29, 1.82) is 0 Å². The zero-order chi connectivity index (χ0) is 15.2. The molecule has 1 aromatic heterocycles. The summed E-state index contributed by atoms with van der Waals surface area (Å²) >= 11 is 0. The lowest BCUT2D eigenvalue weighted by Crippen LogP contribution is -2.31. The second kappa shape index (κ2) is 7.56. The van der Waals surface area contributed by atoms with Crippen LogP contribution in [-0.4, -0.2) is 51.5 Å². The van der Waals surface area contributed by atoms with Gasteiger partial charge in [0.1, 0.15) is 10.7 Å². The number of aromatic nitrogens is 1. The number of nitrogens with one attached hydrogen (secondary N) is 2. The molecule has 0 radical (unpaired) electrons. The summed E-state index contributed by atoms with van der Waals surface area (Å²) in [4.78, 5) is 6.36. The Balaban J connectivity index is 2.58. The SMILES string of the molecule is CNc1ncccc1S(=O)(=O)NCCCN(C)C(C)C. The van der Waals surface area contributed by atoms with Crippen LogP contribution in [0.2, 0.25) is 0 Å². The highest BCUT2D eigenvalue weighted by Crippen LogP contribution is 2.16. The maximum Gasteiger partial charge on any atom is 0.244 e. The number of sulfonamides is 1. The first kappa shape index (κ1) is 16.9. The molecule has 1 aromatic rings. The lowest BCUT2D eigenvalue weighted by molar-refractivity contribution is 0.271. The molecule has 0 amide bonds. The first-order valence-corrected chi connectivity index (χ1v) is 8.19. The fourth-order valence-electron chi connectivity index (χ4n) is 1.67. The third-order valence-corrected chi connectivity index (χ3v) is 4.65. The fourth-order valence-corrected chi connectivity index (χ4v) is 2.90. The second-order valence-corrected chi connectivity index (χ2v) is 6.66. The van der Waals surface area contributed by atoms with Crippen LogP contribution in [0.1, 0.15) is 20.3 Å². The van der Waals surface area contributed by atoms with E-state index < -0.39 is 10.0 Å². The molecule has 0 unspecified atom stereocenters. The Morgan fingerprint density at radius 3 is 2.70 bits per heavy atom. The smallest absolute Gasteiger partial charge is 0.244 e. The Labute approximate surface area is 121 Å². The van der Waals surface area contributed by atoms with E-state index in [0.717, 1.165) is 13.0 Å². The van der Waals surface area contributed by atoms with Gasteiger partial charge in [-0.25, -0.2) is 18.1 Å². The summed E-state index contributed by atoms with van der Waals surface area (Å²) in [6.45, 7) is 5.49. The van der Waals surface area contributed by atoms with Gasteiger partial charge >= 0.3 is 0 Å². The fraction of sp³-hybridized carbons (Fsp3) is 0.615. The molecule has 2 N–H and O–H groups in total. The van der Waals surface area contributed by atoms with Crippen molar-refractivity contribution in [3.05, 3.63) is 18.3 Å². The van der Waals surface area contributed by atoms with Gasteiger partial charge in [0, 0.05) is 25.8 Å². The zero-order valence-corrected chi connectivity index (χ0v) is 13.4. The van der Waals surface area contributed by atoms with Gasteiger partial charge in [-0.05, 0) is 46.0 Å². The van der Waals surface area contributed by atoms with Crippen molar-refractivity contribution in [3.8, 4) is 0 Å². The summed E-state index contributed by atoms with van der Waals surface area (Å²) in [6, 6.07) is 3.62. The molecule has 7 heteroatoms. The number of nitrogens with zero attached hydrogens (tertiary/aromatic N) is 2. The maximum absolute atomic E-state index is 12.2. The van der Waals surface area contributed by atoms with E-state index in [4.69, 9.17) is 0 Å². The molecule has 6 nitrogen and oxygen atoms in total. The molecular weight excluding hydrogens is 276 g/mol. The average Bonchev–Trinajstić information content (AvgIpc) is 2.43. The number of rotatable bonds is 8. The van der Waals surface area contributed by atoms with Gasteiger partial charge in [-0.1, -0.05) is 0 Å². The van der Waals surface area contributed by atoms with Crippen LogP contribution in [0, 0.1) is 0 Å². The minimum absolute atomic E-state index is 0.180. The molecule has 0 aromatic carbocycles. The predicted molar refractivity (Wildman–Crippen MR) is 81.4 cm³/mol. The summed E-state index contributed by atoms with van der Waals surface area (Å²) in [7, 11) is 0.164. The molecule has 0 fully saturated rings. The number of hydrogen-bond acceptors (Lipinski definition) is 5. The molecule has 0 saturated heterocycles. The van der Waals surface area contributed by atoms with E-state index in [2.05, 4.69) is 33.8 Å². The van der Waals surface area contributed by atoms with E-state index >= 15 is 0 Å². The van der Waals surface area contributed by atoms with Crippen molar-refractivity contribution >= 4 is 15.8 Å². The molecule has 0 aliphatic rings. The highest BCUT2D eigenvalue weighted by Gasteiger charge is 2.18. The molecule has 0 spiro atoms. The number of anilines is 1. The largest absolute Gasteiger partial charge is 0.372 e. The maximum atomic E-state index is 12.2.